The molecule has 0 amide bonds. The first-order chi connectivity index (χ1) is 6.76. The molecule has 0 aliphatic carbocycles. The number of rotatable bonds is 2. The molecule has 0 saturated heterocycles. The lowest BCUT2D eigenvalue weighted by molar-refractivity contribution is 0.415. The third-order valence-electron chi connectivity index (χ3n) is 2.12. The SMILES string of the molecule is COc1ccc2oc(CN)c(O)c2c1. The molecule has 2 aromatic rings. The van der Waals surface area contributed by atoms with Gasteiger partial charge in [0.1, 0.15) is 11.3 Å². The Labute approximate surface area is 80.9 Å². The van der Waals surface area contributed by atoms with Crippen LogP contribution in [-0.4, -0.2) is 12.2 Å². The smallest absolute Gasteiger partial charge is 0.166 e. The maximum absolute atomic E-state index is 9.68. The molecule has 2 rings (SSSR count). The van der Waals surface area contributed by atoms with Crippen LogP contribution in [0.4, 0.5) is 0 Å². The fourth-order valence-corrected chi connectivity index (χ4v) is 1.38. The van der Waals surface area contributed by atoms with E-state index < -0.39 is 0 Å². The summed E-state index contributed by atoms with van der Waals surface area (Å²) in [6.45, 7) is 0.183. The highest BCUT2D eigenvalue weighted by Gasteiger charge is 2.12. The van der Waals surface area contributed by atoms with Crippen LogP contribution in [0.3, 0.4) is 0 Å². The molecule has 0 unspecified atom stereocenters. The number of benzene rings is 1. The lowest BCUT2D eigenvalue weighted by atomic mass is 10.2. The Balaban J connectivity index is 2.68. The van der Waals surface area contributed by atoms with Gasteiger partial charge in [-0.3, -0.25) is 0 Å². The monoisotopic (exact) mass is 193 g/mol. The van der Waals surface area contributed by atoms with Gasteiger partial charge in [0, 0.05) is 0 Å². The first-order valence-corrected chi connectivity index (χ1v) is 4.24. The molecular weight excluding hydrogens is 182 g/mol. The lowest BCUT2D eigenvalue weighted by Gasteiger charge is -1.97. The highest BCUT2D eigenvalue weighted by Crippen LogP contribution is 2.33. The van der Waals surface area contributed by atoms with Gasteiger partial charge in [-0.05, 0) is 18.2 Å². The van der Waals surface area contributed by atoms with Crippen molar-refractivity contribution in [2.75, 3.05) is 7.11 Å². The summed E-state index contributed by atoms with van der Waals surface area (Å²) in [5.74, 6) is 1.17. The van der Waals surface area contributed by atoms with Crippen LogP contribution in [0.15, 0.2) is 22.6 Å². The molecule has 1 aromatic heterocycles. The molecule has 0 atom stereocenters. The molecule has 0 saturated carbocycles. The topological polar surface area (TPSA) is 68.6 Å². The van der Waals surface area contributed by atoms with E-state index >= 15 is 0 Å². The molecular formula is C10H11NO3. The van der Waals surface area contributed by atoms with Crippen molar-refractivity contribution in [2.24, 2.45) is 5.73 Å². The van der Waals surface area contributed by atoms with Crippen LogP contribution in [0.25, 0.3) is 11.0 Å². The van der Waals surface area contributed by atoms with E-state index in [0.717, 1.165) is 0 Å². The fourth-order valence-electron chi connectivity index (χ4n) is 1.38. The van der Waals surface area contributed by atoms with Gasteiger partial charge in [-0.1, -0.05) is 0 Å². The number of methoxy groups -OCH3 is 1. The van der Waals surface area contributed by atoms with E-state index in [4.69, 9.17) is 14.9 Å². The molecule has 0 aliphatic rings. The first-order valence-electron chi connectivity index (χ1n) is 4.24. The molecule has 0 aliphatic heterocycles. The Morgan fingerprint density at radius 1 is 1.50 bits per heavy atom. The van der Waals surface area contributed by atoms with E-state index in [1.165, 1.54) is 0 Å². The molecule has 1 aromatic carbocycles. The average molecular weight is 193 g/mol. The van der Waals surface area contributed by atoms with Crippen molar-refractivity contribution in [3.05, 3.63) is 24.0 Å². The van der Waals surface area contributed by atoms with Gasteiger partial charge < -0.3 is 20.0 Å². The summed E-state index contributed by atoms with van der Waals surface area (Å²) in [5, 5.41) is 10.3. The molecule has 4 heteroatoms. The molecule has 0 spiro atoms. The third-order valence-corrected chi connectivity index (χ3v) is 2.12. The van der Waals surface area contributed by atoms with Crippen molar-refractivity contribution in [1.82, 2.24) is 0 Å². The van der Waals surface area contributed by atoms with Crippen molar-refractivity contribution in [1.29, 1.82) is 0 Å². The zero-order chi connectivity index (χ0) is 10.1. The number of hydrogen-bond donors (Lipinski definition) is 2. The van der Waals surface area contributed by atoms with E-state index in [2.05, 4.69) is 0 Å². The fraction of sp³-hybridized carbons (Fsp3) is 0.200. The highest BCUT2D eigenvalue weighted by atomic mass is 16.5. The Bertz CT molecular complexity index is 462. The second-order valence-electron chi connectivity index (χ2n) is 2.94. The van der Waals surface area contributed by atoms with Gasteiger partial charge in [-0.25, -0.2) is 0 Å². The summed E-state index contributed by atoms with van der Waals surface area (Å²) < 4.78 is 10.4. The van der Waals surface area contributed by atoms with Crippen LogP contribution in [0.5, 0.6) is 11.5 Å². The van der Waals surface area contributed by atoms with Crippen molar-refractivity contribution in [3.63, 3.8) is 0 Å². The van der Waals surface area contributed by atoms with Gasteiger partial charge in [0.25, 0.3) is 0 Å². The van der Waals surface area contributed by atoms with E-state index in [0.29, 0.717) is 22.5 Å². The molecule has 0 bridgehead atoms. The Kier molecular flexibility index (Phi) is 2.05. The van der Waals surface area contributed by atoms with Gasteiger partial charge in [0.05, 0.1) is 19.0 Å². The van der Waals surface area contributed by atoms with E-state index in [1.54, 1.807) is 25.3 Å². The number of nitrogens with two attached hydrogens (primary N) is 1. The summed E-state index contributed by atoms with van der Waals surface area (Å²) in [5.41, 5.74) is 6.01. The maximum atomic E-state index is 9.68. The van der Waals surface area contributed by atoms with E-state index in [1.807, 2.05) is 0 Å². The van der Waals surface area contributed by atoms with Crippen LogP contribution in [0, 0.1) is 0 Å². The zero-order valence-corrected chi connectivity index (χ0v) is 7.78. The van der Waals surface area contributed by atoms with Crippen LogP contribution >= 0.6 is 0 Å². The summed E-state index contributed by atoms with van der Waals surface area (Å²) in [6, 6.07) is 5.23. The van der Waals surface area contributed by atoms with Crippen LogP contribution in [-0.2, 0) is 6.54 Å². The summed E-state index contributed by atoms with van der Waals surface area (Å²) >= 11 is 0. The van der Waals surface area contributed by atoms with Gasteiger partial charge in [-0.15, -0.1) is 0 Å². The normalized spacial score (nSPS) is 10.7. The highest BCUT2D eigenvalue weighted by molar-refractivity contribution is 5.86. The lowest BCUT2D eigenvalue weighted by Crippen LogP contribution is -1.93. The standard InChI is InChI=1S/C10H11NO3/c1-13-6-2-3-8-7(4-6)10(12)9(5-11)14-8/h2-4,12H,5,11H2,1H3. The predicted molar refractivity (Wildman–Crippen MR) is 52.3 cm³/mol. The molecule has 14 heavy (non-hydrogen) atoms. The second-order valence-corrected chi connectivity index (χ2v) is 2.94. The summed E-state index contributed by atoms with van der Waals surface area (Å²) in [6.07, 6.45) is 0. The largest absolute Gasteiger partial charge is 0.504 e. The molecule has 1 heterocycles. The molecule has 4 nitrogen and oxygen atoms in total. The quantitative estimate of drug-likeness (QED) is 0.760. The van der Waals surface area contributed by atoms with E-state index in [9.17, 15) is 5.11 Å². The number of furan rings is 1. The maximum Gasteiger partial charge on any atom is 0.166 e. The summed E-state index contributed by atoms with van der Waals surface area (Å²) in [4.78, 5) is 0. The van der Waals surface area contributed by atoms with Gasteiger partial charge in [0.15, 0.2) is 11.5 Å². The molecule has 3 N–H and O–H groups in total. The minimum absolute atomic E-state index is 0.0985. The number of ether oxygens (including phenoxy) is 1. The van der Waals surface area contributed by atoms with Crippen molar-refractivity contribution in [2.45, 2.75) is 6.54 Å². The van der Waals surface area contributed by atoms with Crippen molar-refractivity contribution < 1.29 is 14.3 Å². The van der Waals surface area contributed by atoms with Gasteiger partial charge in [0.2, 0.25) is 0 Å². The van der Waals surface area contributed by atoms with Gasteiger partial charge in [-0.2, -0.15) is 0 Å². The van der Waals surface area contributed by atoms with Gasteiger partial charge >= 0.3 is 0 Å². The van der Waals surface area contributed by atoms with Crippen LogP contribution < -0.4 is 10.5 Å². The Morgan fingerprint density at radius 2 is 2.29 bits per heavy atom. The minimum atomic E-state index is 0.0985. The predicted octanol–water partition coefficient (Wildman–Crippen LogP) is 1.61. The van der Waals surface area contributed by atoms with Crippen LogP contribution in [0.1, 0.15) is 5.76 Å². The Hall–Kier alpha value is -1.68. The Morgan fingerprint density at radius 3 is 2.93 bits per heavy atom. The molecule has 0 radical (unpaired) electrons. The zero-order valence-electron chi connectivity index (χ0n) is 7.78. The van der Waals surface area contributed by atoms with Crippen LogP contribution in [0.2, 0.25) is 0 Å². The number of aromatic hydroxyl groups is 1. The third kappa shape index (κ3) is 1.20. The second kappa shape index (κ2) is 3.23. The summed E-state index contributed by atoms with van der Waals surface area (Å²) in [7, 11) is 1.57. The molecule has 0 fully saturated rings. The average Bonchev–Trinajstić information content (AvgIpc) is 2.55. The van der Waals surface area contributed by atoms with Crippen molar-refractivity contribution >= 4 is 11.0 Å². The number of fused-ring (bicyclic) bond motifs is 1. The van der Waals surface area contributed by atoms with E-state index in [-0.39, 0.29) is 12.3 Å². The first kappa shape index (κ1) is 8.90. The number of hydrogen-bond acceptors (Lipinski definition) is 4. The minimum Gasteiger partial charge on any atom is -0.504 e. The van der Waals surface area contributed by atoms with Crippen molar-refractivity contribution in [3.8, 4) is 11.5 Å². The molecule has 74 valence electrons.